The van der Waals surface area contributed by atoms with Crippen molar-refractivity contribution in [3.63, 3.8) is 0 Å². The second-order valence-corrected chi connectivity index (χ2v) is 13.1. The highest BCUT2D eigenvalue weighted by atomic mass is 32.2. The molecule has 0 spiro atoms. The van der Waals surface area contributed by atoms with Gasteiger partial charge in [-0.2, -0.15) is 10.9 Å². The lowest BCUT2D eigenvalue weighted by Gasteiger charge is -2.25. The molecule has 0 heterocycles. The Hall–Kier alpha value is -4.38. The zero-order valence-corrected chi connectivity index (χ0v) is 25.3. The van der Waals surface area contributed by atoms with Gasteiger partial charge in [0.2, 0.25) is 0 Å². The fourth-order valence-electron chi connectivity index (χ4n) is 5.09. The highest BCUT2D eigenvalue weighted by Crippen LogP contribution is 2.53. The SMILES string of the molecule is COc1cc(Sc2ccc([SH](c3ccccc3)c3ccc(-c4ccccc4)c(OC)c3)cc2)ccc1-c1ccccc1. The molecule has 4 heteroatoms. The molecular weight excluding hydrogens is 553 g/mol. The molecule has 0 aromatic heterocycles. The van der Waals surface area contributed by atoms with Crippen LogP contribution < -0.4 is 9.47 Å². The zero-order chi connectivity index (χ0) is 28.7. The fourth-order valence-corrected chi connectivity index (χ4v) is 8.22. The Morgan fingerprint density at radius 3 is 1.45 bits per heavy atom. The molecule has 0 fully saturated rings. The molecule has 208 valence electrons. The van der Waals surface area contributed by atoms with Crippen molar-refractivity contribution in [3.8, 4) is 33.8 Å². The van der Waals surface area contributed by atoms with Gasteiger partial charge in [-0.15, -0.1) is 0 Å². The molecule has 0 N–H and O–H groups in total. The summed E-state index contributed by atoms with van der Waals surface area (Å²) in [5.41, 5.74) is 4.50. The Labute approximate surface area is 255 Å². The summed E-state index contributed by atoms with van der Waals surface area (Å²) in [4.78, 5) is 6.20. The smallest absolute Gasteiger partial charge is 0.127 e. The molecule has 2 nitrogen and oxygen atoms in total. The molecule has 6 aromatic carbocycles. The van der Waals surface area contributed by atoms with E-state index in [1.807, 2.05) is 12.1 Å². The van der Waals surface area contributed by atoms with Crippen LogP contribution in [0.5, 0.6) is 11.5 Å². The maximum absolute atomic E-state index is 5.90. The Kier molecular flexibility index (Phi) is 8.64. The van der Waals surface area contributed by atoms with Crippen LogP contribution in [0.1, 0.15) is 0 Å². The number of thiol groups is 1. The van der Waals surface area contributed by atoms with Crippen molar-refractivity contribution in [2.75, 3.05) is 14.2 Å². The van der Waals surface area contributed by atoms with Gasteiger partial charge in [0.15, 0.2) is 0 Å². The van der Waals surface area contributed by atoms with E-state index in [2.05, 4.69) is 140 Å². The first-order valence-electron chi connectivity index (χ1n) is 13.8. The second-order valence-electron chi connectivity index (χ2n) is 9.75. The summed E-state index contributed by atoms with van der Waals surface area (Å²) in [7, 11) is 2.72. The minimum absolute atomic E-state index is 0.768. The summed E-state index contributed by atoms with van der Waals surface area (Å²) < 4.78 is 11.7. The summed E-state index contributed by atoms with van der Waals surface area (Å²) in [5.74, 6) is 1.77. The first-order chi connectivity index (χ1) is 20.7. The van der Waals surface area contributed by atoms with Crippen molar-refractivity contribution in [2.45, 2.75) is 24.5 Å². The van der Waals surface area contributed by atoms with Crippen LogP contribution in [-0.4, -0.2) is 14.2 Å². The van der Waals surface area contributed by atoms with E-state index in [0.29, 0.717) is 0 Å². The highest BCUT2D eigenvalue weighted by molar-refractivity contribution is 8.17. The Bertz CT molecular complexity index is 1750. The fraction of sp³-hybridized carbons (Fsp3) is 0.0526. The van der Waals surface area contributed by atoms with Gasteiger partial charge in [-0.3, -0.25) is 0 Å². The van der Waals surface area contributed by atoms with Crippen molar-refractivity contribution < 1.29 is 9.47 Å². The van der Waals surface area contributed by atoms with E-state index in [1.54, 1.807) is 26.0 Å². The predicted molar refractivity (Wildman–Crippen MR) is 178 cm³/mol. The summed E-state index contributed by atoms with van der Waals surface area (Å²) >= 11 is 1.75. The van der Waals surface area contributed by atoms with E-state index >= 15 is 0 Å². The highest BCUT2D eigenvalue weighted by Gasteiger charge is 2.16. The van der Waals surface area contributed by atoms with Gasteiger partial charge in [0.1, 0.15) is 11.5 Å². The van der Waals surface area contributed by atoms with E-state index < -0.39 is 10.9 Å². The van der Waals surface area contributed by atoms with Gasteiger partial charge in [0.25, 0.3) is 0 Å². The van der Waals surface area contributed by atoms with E-state index in [1.165, 1.54) is 19.6 Å². The van der Waals surface area contributed by atoms with E-state index in [-0.39, 0.29) is 0 Å². The van der Waals surface area contributed by atoms with Crippen molar-refractivity contribution >= 4 is 22.7 Å². The molecule has 0 bridgehead atoms. The quantitative estimate of drug-likeness (QED) is 0.171. The van der Waals surface area contributed by atoms with Crippen LogP contribution in [0.3, 0.4) is 0 Å². The van der Waals surface area contributed by atoms with Crippen LogP contribution in [0, 0.1) is 0 Å². The van der Waals surface area contributed by atoms with E-state index in [0.717, 1.165) is 38.6 Å². The van der Waals surface area contributed by atoms with Crippen LogP contribution in [-0.2, 0) is 0 Å². The summed E-state index contributed by atoms with van der Waals surface area (Å²) in [5, 5.41) is 0. The molecule has 0 aliphatic heterocycles. The topological polar surface area (TPSA) is 18.5 Å². The first-order valence-corrected chi connectivity index (χ1v) is 16.0. The molecule has 6 aromatic rings. The molecular formula is C38H32O2S2. The Morgan fingerprint density at radius 1 is 0.429 bits per heavy atom. The average molecular weight is 585 g/mol. The molecule has 0 amide bonds. The van der Waals surface area contributed by atoms with Crippen molar-refractivity contribution in [2.24, 2.45) is 0 Å². The third kappa shape index (κ3) is 6.11. The monoisotopic (exact) mass is 584 g/mol. The molecule has 6 rings (SSSR count). The van der Waals surface area contributed by atoms with Gasteiger partial charge in [-0.25, -0.2) is 0 Å². The van der Waals surface area contributed by atoms with Gasteiger partial charge >= 0.3 is 0 Å². The second kappa shape index (κ2) is 13.1. The van der Waals surface area contributed by atoms with Gasteiger partial charge in [-0.05, 0) is 98.6 Å². The van der Waals surface area contributed by atoms with Crippen LogP contribution in [0.4, 0.5) is 0 Å². The molecule has 0 saturated carbocycles. The molecule has 0 radical (unpaired) electrons. The van der Waals surface area contributed by atoms with Crippen molar-refractivity contribution in [1.29, 1.82) is 0 Å². The van der Waals surface area contributed by atoms with Crippen molar-refractivity contribution in [3.05, 3.63) is 152 Å². The third-order valence-electron chi connectivity index (χ3n) is 7.13. The summed E-state index contributed by atoms with van der Waals surface area (Å²) in [6.07, 6.45) is 0. The Morgan fingerprint density at radius 2 is 0.881 bits per heavy atom. The number of ether oxygens (including phenoxy) is 2. The summed E-state index contributed by atoms with van der Waals surface area (Å²) in [6, 6.07) is 53.6. The van der Waals surface area contributed by atoms with Crippen LogP contribution in [0.25, 0.3) is 22.3 Å². The normalized spacial score (nSPS) is 12.0. The van der Waals surface area contributed by atoms with Gasteiger partial charge in [0.05, 0.1) is 14.2 Å². The lowest BCUT2D eigenvalue weighted by Crippen LogP contribution is -1.93. The van der Waals surface area contributed by atoms with E-state index in [4.69, 9.17) is 9.47 Å². The average Bonchev–Trinajstić information content (AvgIpc) is 3.07. The molecule has 0 saturated heterocycles. The molecule has 42 heavy (non-hydrogen) atoms. The number of benzene rings is 6. The zero-order valence-electron chi connectivity index (χ0n) is 23.6. The largest absolute Gasteiger partial charge is 0.496 e. The first kappa shape index (κ1) is 27.8. The number of rotatable bonds is 9. The number of methoxy groups -OCH3 is 2. The minimum atomic E-state index is -0.768. The lowest BCUT2D eigenvalue weighted by molar-refractivity contribution is 0.415. The van der Waals surface area contributed by atoms with Crippen LogP contribution in [0.15, 0.2) is 176 Å². The maximum Gasteiger partial charge on any atom is 0.127 e. The van der Waals surface area contributed by atoms with Crippen LogP contribution >= 0.6 is 22.7 Å². The van der Waals surface area contributed by atoms with Crippen LogP contribution in [0.2, 0.25) is 0 Å². The third-order valence-corrected chi connectivity index (χ3v) is 10.6. The molecule has 1 atom stereocenters. The Balaban J connectivity index is 1.30. The van der Waals surface area contributed by atoms with Crippen molar-refractivity contribution in [1.82, 2.24) is 0 Å². The van der Waals surface area contributed by atoms with Gasteiger partial charge < -0.3 is 9.47 Å². The lowest BCUT2D eigenvalue weighted by atomic mass is 10.1. The molecule has 0 aliphatic carbocycles. The van der Waals surface area contributed by atoms with E-state index in [9.17, 15) is 0 Å². The minimum Gasteiger partial charge on any atom is -0.496 e. The summed E-state index contributed by atoms with van der Waals surface area (Å²) in [6.45, 7) is 0. The predicted octanol–water partition coefficient (Wildman–Crippen LogP) is 10.7. The van der Waals surface area contributed by atoms with Gasteiger partial charge in [-0.1, -0.05) is 90.6 Å². The van der Waals surface area contributed by atoms with Gasteiger partial charge in [0, 0.05) is 20.9 Å². The number of hydrogen-bond acceptors (Lipinski definition) is 3. The maximum atomic E-state index is 5.90. The molecule has 1 unspecified atom stereocenters. The number of hydrogen-bond donors (Lipinski definition) is 1. The standard InChI is InChI=1S/C38H32O2S2/c1-39-37-26-31(20-24-35(37)28-12-6-3-7-13-28)41-30-18-21-33(22-19-30)42(32-16-10-5-11-17-32)34-23-25-36(38(27-34)40-2)29-14-8-4-9-15-29/h3-27,42H,1-2H3. The molecule has 0 aliphatic rings.